The van der Waals surface area contributed by atoms with Crippen LogP contribution in [0.5, 0.6) is 5.75 Å². The van der Waals surface area contributed by atoms with Crippen molar-refractivity contribution in [2.75, 3.05) is 23.9 Å². The standard InChI is InChI=1S/C24H24N2O6/c1-31-18-11-9-16(10-12-18)25-21(27)14-32-24(30)15-5-4-6-17(13-15)26-22(28)19-7-2-3-8-20(19)23(26)29/h4-6,9-13,19-20H,2-3,7-8,14H2,1H3,(H,25,27)/t19-,20-/m0/s1. The van der Waals surface area contributed by atoms with Crippen LogP contribution < -0.4 is 15.0 Å². The summed E-state index contributed by atoms with van der Waals surface area (Å²) in [6.45, 7) is -0.471. The number of nitrogens with one attached hydrogen (secondary N) is 1. The van der Waals surface area contributed by atoms with Crippen LogP contribution in [0.15, 0.2) is 48.5 Å². The minimum atomic E-state index is -0.715. The molecule has 1 heterocycles. The SMILES string of the molecule is COc1ccc(NC(=O)COC(=O)c2cccc(N3C(=O)[C@H]4CCCC[C@@H]4C3=O)c2)cc1. The molecule has 2 aromatic carbocycles. The summed E-state index contributed by atoms with van der Waals surface area (Å²) >= 11 is 0. The number of methoxy groups -OCH3 is 1. The molecule has 8 heteroatoms. The molecule has 2 fully saturated rings. The van der Waals surface area contributed by atoms with Crippen LogP contribution >= 0.6 is 0 Å². The monoisotopic (exact) mass is 436 g/mol. The zero-order valence-electron chi connectivity index (χ0n) is 17.7. The smallest absolute Gasteiger partial charge is 0.338 e. The highest BCUT2D eigenvalue weighted by atomic mass is 16.5. The molecule has 0 spiro atoms. The third kappa shape index (κ3) is 4.34. The van der Waals surface area contributed by atoms with Gasteiger partial charge in [0.25, 0.3) is 5.91 Å². The predicted molar refractivity (Wildman–Crippen MR) is 116 cm³/mol. The predicted octanol–water partition coefficient (Wildman–Crippen LogP) is 3.17. The molecule has 2 aromatic rings. The summed E-state index contributed by atoms with van der Waals surface area (Å²) < 4.78 is 10.2. The highest BCUT2D eigenvalue weighted by Gasteiger charge is 2.48. The fourth-order valence-corrected chi connectivity index (χ4v) is 4.27. The van der Waals surface area contributed by atoms with Gasteiger partial charge in [0.15, 0.2) is 6.61 Å². The van der Waals surface area contributed by atoms with Gasteiger partial charge in [-0.3, -0.25) is 19.3 Å². The number of esters is 1. The second kappa shape index (κ2) is 9.21. The van der Waals surface area contributed by atoms with Crippen LogP contribution in [0, 0.1) is 11.8 Å². The van der Waals surface area contributed by atoms with Crippen LogP contribution in [-0.2, 0) is 19.1 Å². The number of rotatable bonds is 6. The molecule has 1 saturated heterocycles. The number of carbonyl (C=O) groups is 4. The van der Waals surface area contributed by atoms with Crippen molar-refractivity contribution >= 4 is 35.1 Å². The minimum absolute atomic E-state index is 0.162. The van der Waals surface area contributed by atoms with E-state index < -0.39 is 18.5 Å². The van der Waals surface area contributed by atoms with Crippen LogP contribution in [0.1, 0.15) is 36.0 Å². The molecule has 1 aliphatic carbocycles. The maximum Gasteiger partial charge on any atom is 0.338 e. The van der Waals surface area contributed by atoms with Gasteiger partial charge in [0, 0.05) is 5.69 Å². The molecule has 1 saturated carbocycles. The lowest BCUT2D eigenvalue weighted by atomic mass is 9.81. The van der Waals surface area contributed by atoms with Gasteiger partial charge in [0.2, 0.25) is 11.8 Å². The molecule has 32 heavy (non-hydrogen) atoms. The molecule has 166 valence electrons. The van der Waals surface area contributed by atoms with E-state index in [4.69, 9.17) is 9.47 Å². The average molecular weight is 436 g/mol. The summed E-state index contributed by atoms with van der Waals surface area (Å²) in [6.07, 6.45) is 3.32. The van der Waals surface area contributed by atoms with E-state index in [1.165, 1.54) is 17.0 Å². The minimum Gasteiger partial charge on any atom is -0.497 e. The molecule has 1 N–H and O–H groups in total. The second-order valence-electron chi connectivity index (χ2n) is 7.91. The second-order valence-corrected chi connectivity index (χ2v) is 7.91. The van der Waals surface area contributed by atoms with Gasteiger partial charge in [-0.15, -0.1) is 0 Å². The van der Waals surface area contributed by atoms with E-state index in [1.807, 2.05) is 0 Å². The molecule has 3 amide bonds. The van der Waals surface area contributed by atoms with Gasteiger partial charge in [-0.1, -0.05) is 18.9 Å². The molecule has 0 aromatic heterocycles. The van der Waals surface area contributed by atoms with E-state index >= 15 is 0 Å². The Hall–Kier alpha value is -3.68. The number of hydrogen-bond acceptors (Lipinski definition) is 6. The number of nitrogens with zero attached hydrogens (tertiary/aromatic N) is 1. The topological polar surface area (TPSA) is 102 Å². The molecular formula is C24H24N2O6. The Bertz CT molecular complexity index is 1020. The Morgan fingerprint density at radius 2 is 1.66 bits per heavy atom. The number of benzene rings is 2. The number of ether oxygens (including phenoxy) is 2. The zero-order chi connectivity index (χ0) is 22.7. The van der Waals surface area contributed by atoms with Crippen molar-refractivity contribution < 1.29 is 28.7 Å². The first kappa shape index (κ1) is 21.5. The largest absolute Gasteiger partial charge is 0.497 e. The Morgan fingerprint density at radius 1 is 1.00 bits per heavy atom. The third-order valence-electron chi connectivity index (χ3n) is 5.89. The molecule has 2 atom stereocenters. The molecule has 4 rings (SSSR count). The number of anilines is 2. The van der Waals surface area contributed by atoms with Gasteiger partial charge >= 0.3 is 5.97 Å². The first-order chi connectivity index (χ1) is 15.5. The summed E-state index contributed by atoms with van der Waals surface area (Å²) in [5, 5.41) is 2.63. The molecule has 0 unspecified atom stereocenters. The van der Waals surface area contributed by atoms with E-state index in [1.54, 1.807) is 43.5 Å². The molecule has 8 nitrogen and oxygen atoms in total. The summed E-state index contributed by atoms with van der Waals surface area (Å²) in [4.78, 5) is 51.3. The van der Waals surface area contributed by atoms with Crippen molar-refractivity contribution in [2.24, 2.45) is 11.8 Å². The highest BCUT2D eigenvalue weighted by Crippen LogP contribution is 2.40. The Kier molecular flexibility index (Phi) is 6.20. The maximum absolute atomic E-state index is 12.8. The Balaban J connectivity index is 1.38. The van der Waals surface area contributed by atoms with Gasteiger partial charge in [-0.2, -0.15) is 0 Å². The number of hydrogen-bond donors (Lipinski definition) is 1. The number of fused-ring (bicyclic) bond motifs is 1. The summed E-state index contributed by atoms with van der Waals surface area (Å²) in [5.41, 5.74) is 1.06. The zero-order valence-corrected chi connectivity index (χ0v) is 17.7. The lowest BCUT2D eigenvalue weighted by Crippen LogP contribution is -2.31. The normalized spacial score (nSPS) is 20.0. The third-order valence-corrected chi connectivity index (χ3v) is 5.89. The van der Waals surface area contributed by atoms with Gasteiger partial charge in [-0.25, -0.2) is 4.79 Å². The first-order valence-electron chi connectivity index (χ1n) is 10.6. The number of carbonyl (C=O) groups excluding carboxylic acids is 4. The summed E-state index contributed by atoms with van der Waals surface area (Å²) in [6, 6.07) is 12.9. The van der Waals surface area contributed by atoms with Crippen molar-refractivity contribution in [3.8, 4) is 5.75 Å². The van der Waals surface area contributed by atoms with E-state index in [9.17, 15) is 19.2 Å². The van der Waals surface area contributed by atoms with Crippen LogP contribution in [0.25, 0.3) is 0 Å². The van der Waals surface area contributed by atoms with E-state index in [0.29, 0.717) is 17.1 Å². The fraction of sp³-hybridized carbons (Fsp3) is 0.333. The molecule has 1 aliphatic heterocycles. The van der Waals surface area contributed by atoms with Crippen molar-refractivity contribution in [1.82, 2.24) is 0 Å². The fourth-order valence-electron chi connectivity index (χ4n) is 4.27. The molecule has 0 radical (unpaired) electrons. The number of imide groups is 1. The van der Waals surface area contributed by atoms with Crippen LogP contribution in [-0.4, -0.2) is 37.4 Å². The Morgan fingerprint density at radius 3 is 2.28 bits per heavy atom. The van der Waals surface area contributed by atoms with Crippen molar-refractivity contribution in [3.63, 3.8) is 0 Å². The quantitative estimate of drug-likeness (QED) is 0.551. The summed E-state index contributed by atoms with van der Waals surface area (Å²) in [5.74, 6) is -1.50. The lowest BCUT2D eigenvalue weighted by molar-refractivity contribution is -0.122. The van der Waals surface area contributed by atoms with E-state index in [0.717, 1.165) is 25.7 Å². The van der Waals surface area contributed by atoms with Gasteiger partial charge in [0.1, 0.15) is 5.75 Å². The van der Waals surface area contributed by atoms with Gasteiger partial charge < -0.3 is 14.8 Å². The highest BCUT2D eigenvalue weighted by molar-refractivity contribution is 6.22. The van der Waals surface area contributed by atoms with Crippen molar-refractivity contribution in [2.45, 2.75) is 25.7 Å². The van der Waals surface area contributed by atoms with Crippen LogP contribution in [0.3, 0.4) is 0 Å². The van der Waals surface area contributed by atoms with Crippen molar-refractivity contribution in [3.05, 3.63) is 54.1 Å². The average Bonchev–Trinajstić information content (AvgIpc) is 3.08. The maximum atomic E-state index is 12.8. The number of amides is 3. The van der Waals surface area contributed by atoms with Gasteiger partial charge in [-0.05, 0) is 55.3 Å². The molecular weight excluding hydrogens is 412 g/mol. The van der Waals surface area contributed by atoms with E-state index in [-0.39, 0.29) is 29.2 Å². The molecule has 2 aliphatic rings. The first-order valence-corrected chi connectivity index (χ1v) is 10.6. The van der Waals surface area contributed by atoms with E-state index in [2.05, 4.69) is 5.32 Å². The van der Waals surface area contributed by atoms with Crippen molar-refractivity contribution in [1.29, 1.82) is 0 Å². The lowest BCUT2D eigenvalue weighted by Gasteiger charge is -2.19. The Labute approximate surface area is 185 Å². The van der Waals surface area contributed by atoms with Crippen LogP contribution in [0.4, 0.5) is 11.4 Å². The summed E-state index contributed by atoms with van der Waals surface area (Å²) in [7, 11) is 1.55. The van der Waals surface area contributed by atoms with Gasteiger partial charge in [0.05, 0.1) is 30.2 Å². The van der Waals surface area contributed by atoms with Crippen LogP contribution in [0.2, 0.25) is 0 Å². The molecule has 0 bridgehead atoms.